The van der Waals surface area contributed by atoms with Gasteiger partial charge < -0.3 is 0 Å². The molecule has 0 aliphatic heterocycles. The van der Waals surface area contributed by atoms with Crippen LogP contribution in [0.5, 0.6) is 0 Å². The molecule has 0 unspecified atom stereocenters. The minimum absolute atomic E-state index is 0.0724. The lowest BCUT2D eigenvalue weighted by molar-refractivity contribution is 0.666. The van der Waals surface area contributed by atoms with Gasteiger partial charge in [0.2, 0.25) is 0 Å². The van der Waals surface area contributed by atoms with E-state index in [0.717, 1.165) is 0 Å². The van der Waals surface area contributed by atoms with E-state index in [4.69, 9.17) is 0 Å². The average molecular weight is 1250 g/mol. The molecule has 0 saturated heterocycles. The molecule has 0 heteroatoms. The number of benzene rings is 18. The van der Waals surface area contributed by atoms with Gasteiger partial charge in [0.25, 0.3) is 0 Å². The fourth-order valence-corrected chi connectivity index (χ4v) is 17.4. The highest BCUT2D eigenvalue weighted by Gasteiger charge is 2.39. The molecular formula is C98H68. The van der Waals surface area contributed by atoms with E-state index in [1.165, 1.54) is 197 Å². The molecule has 0 radical (unpaired) electrons. The zero-order valence-corrected chi connectivity index (χ0v) is 55.3. The Morgan fingerprint density at radius 2 is 0.439 bits per heavy atom. The molecule has 0 amide bonds. The Morgan fingerprint density at radius 1 is 0.163 bits per heavy atom. The van der Waals surface area contributed by atoms with Crippen molar-refractivity contribution in [2.24, 2.45) is 0 Å². The van der Waals surface area contributed by atoms with Gasteiger partial charge in [-0.25, -0.2) is 0 Å². The van der Waals surface area contributed by atoms with Crippen molar-refractivity contribution >= 4 is 86.2 Å². The summed E-state index contributed by atoms with van der Waals surface area (Å²) >= 11 is 0. The van der Waals surface area contributed by atoms with E-state index in [0.29, 0.717) is 0 Å². The molecule has 98 heavy (non-hydrogen) atoms. The summed E-state index contributed by atoms with van der Waals surface area (Å²) in [5.41, 5.74) is 26.1. The molecule has 460 valence electrons. The van der Waals surface area contributed by atoms with Crippen LogP contribution >= 0.6 is 0 Å². The van der Waals surface area contributed by atoms with Crippen LogP contribution in [0.15, 0.2) is 340 Å². The smallest absolute Gasteiger partial charge is 0.0165 e. The third-order valence-electron chi connectivity index (χ3n) is 22.0. The second-order valence-corrected chi connectivity index (χ2v) is 28.2. The zero-order valence-electron chi connectivity index (χ0n) is 55.3. The zero-order chi connectivity index (χ0) is 65.4. The van der Waals surface area contributed by atoms with E-state index in [1.54, 1.807) is 0 Å². The molecule has 0 fully saturated rings. The largest absolute Gasteiger partial charge is 0.0616 e. The highest BCUT2D eigenvalue weighted by molar-refractivity contribution is 6.23. The Balaban J connectivity index is 0.000000137. The van der Waals surface area contributed by atoms with Gasteiger partial charge in [-0.05, 0) is 222 Å². The van der Waals surface area contributed by atoms with Gasteiger partial charge in [-0.2, -0.15) is 0 Å². The second-order valence-electron chi connectivity index (χ2n) is 28.2. The van der Waals surface area contributed by atoms with Gasteiger partial charge in [-0.1, -0.05) is 343 Å². The minimum atomic E-state index is -0.111. The lowest BCUT2D eigenvalue weighted by Crippen LogP contribution is -2.15. The molecule has 18 aromatic rings. The van der Waals surface area contributed by atoms with Gasteiger partial charge in [-0.15, -0.1) is 0 Å². The molecular weight excluding hydrogens is 1180 g/mol. The first-order chi connectivity index (χ1) is 48.1. The Morgan fingerprint density at radius 3 is 0.857 bits per heavy atom. The quantitative estimate of drug-likeness (QED) is 0.146. The molecule has 2 aliphatic rings. The molecule has 18 aromatic carbocycles. The summed E-state index contributed by atoms with van der Waals surface area (Å²) in [7, 11) is 0. The summed E-state index contributed by atoms with van der Waals surface area (Å²) in [5.74, 6) is 0. The molecule has 0 bridgehead atoms. The molecule has 0 aromatic heterocycles. The van der Waals surface area contributed by atoms with Crippen LogP contribution in [0.1, 0.15) is 49.9 Å². The maximum absolute atomic E-state index is 2.48. The highest BCUT2D eigenvalue weighted by Crippen LogP contribution is 2.56. The summed E-state index contributed by atoms with van der Waals surface area (Å²) in [5, 5.41) is 20.7. The summed E-state index contributed by atoms with van der Waals surface area (Å²) in [4.78, 5) is 0. The fraction of sp³-hybridized carbons (Fsp3) is 0.0612. The van der Waals surface area contributed by atoms with Crippen LogP contribution in [-0.4, -0.2) is 0 Å². The molecule has 0 N–H and O–H groups in total. The maximum Gasteiger partial charge on any atom is 0.0165 e. The fourth-order valence-electron chi connectivity index (χ4n) is 17.4. The Labute approximate surface area is 572 Å². The topological polar surface area (TPSA) is 0 Å². The third-order valence-corrected chi connectivity index (χ3v) is 22.0. The van der Waals surface area contributed by atoms with Crippen LogP contribution in [0.3, 0.4) is 0 Å². The van der Waals surface area contributed by atoms with Gasteiger partial charge in [-0.3, -0.25) is 0 Å². The van der Waals surface area contributed by atoms with Crippen LogP contribution in [0.2, 0.25) is 0 Å². The lowest BCUT2D eigenvalue weighted by atomic mass is 9.79. The molecule has 0 saturated carbocycles. The third kappa shape index (κ3) is 8.98. The Hall–Kier alpha value is -12.0. The van der Waals surface area contributed by atoms with Gasteiger partial charge in [0.05, 0.1) is 0 Å². The summed E-state index contributed by atoms with van der Waals surface area (Å²) in [6.45, 7) is 9.56. The van der Waals surface area contributed by atoms with Crippen LogP contribution < -0.4 is 0 Å². The molecule has 0 atom stereocenters. The van der Waals surface area contributed by atoms with Crippen LogP contribution in [0.4, 0.5) is 0 Å². The molecule has 0 heterocycles. The van der Waals surface area contributed by atoms with Crippen molar-refractivity contribution in [3.63, 3.8) is 0 Å². The van der Waals surface area contributed by atoms with Crippen LogP contribution in [-0.2, 0) is 10.8 Å². The summed E-state index contributed by atoms with van der Waals surface area (Å²) < 4.78 is 0. The first-order valence-corrected chi connectivity index (χ1v) is 34.5. The van der Waals surface area contributed by atoms with E-state index in [9.17, 15) is 0 Å². The minimum Gasteiger partial charge on any atom is -0.0616 e. The van der Waals surface area contributed by atoms with Crippen molar-refractivity contribution in [1.29, 1.82) is 0 Å². The van der Waals surface area contributed by atoms with Crippen molar-refractivity contribution in [3.05, 3.63) is 362 Å². The standard InChI is InChI=1S/2C49H34/c1-49(2)45-30-37(26-27-39(45)44-28-25-33-12-5-6-14-38(33)48(44)49)47-42-17-9-7-15-40(42)46(41-16-8-10-18-43(41)47)34-22-19-32(20-23-34)36-24-21-31-11-3-4-13-35(31)29-36;1-49(2)45-28-26-37(30-44(45)43-27-25-33-12-5-6-14-38(33)48(43)49)47-41-17-9-7-15-39(41)46(40-16-8-10-18-42(40)47)34-22-19-32(20-23-34)36-24-21-31-11-3-4-13-35(31)29-36/h2*3-30H,1-2H3. The second kappa shape index (κ2) is 22.3. The van der Waals surface area contributed by atoms with Crippen molar-refractivity contribution in [2.45, 2.75) is 38.5 Å². The SMILES string of the molecule is CC1(C)c2cc(-c3c4ccccc4c(-c4ccc(-c5ccc6ccccc6c5)cc4)c4ccccc34)ccc2-c2ccc3ccccc3c21.CC1(C)c2ccc(-c3c4ccccc4c(-c4ccc(-c5ccc6ccccc6c5)cc4)c4ccccc34)cc2-c2ccc3ccccc3c21. The van der Waals surface area contributed by atoms with E-state index in [-0.39, 0.29) is 10.8 Å². The number of rotatable bonds is 6. The number of fused-ring (bicyclic) bond motifs is 16. The van der Waals surface area contributed by atoms with Crippen LogP contribution in [0, 0.1) is 0 Å². The first kappa shape index (κ1) is 57.5. The summed E-state index contributed by atoms with van der Waals surface area (Å²) in [6, 6.07) is 126. The normalized spacial score (nSPS) is 13.3. The first-order valence-electron chi connectivity index (χ1n) is 34.5. The van der Waals surface area contributed by atoms with E-state index >= 15 is 0 Å². The predicted molar refractivity (Wildman–Crippen MR) is 421 cm³/mol. The van der Waals surface area contributed by atoms with Gasteiger partial charge in [0.1, 0.15) is 0 Å². The van der Waals surface area contributed by atoms with Crippen molar-refractivity contribution in [1.82, 2.24) is 0 Å². The molecule has 20 rings (SSSR count). The van der Waals surface area contributed by atoms with Gasteiger partial charge in [0.15, 0.2) is 0 Å². The van der Waals surface area contributed by atoms with E-state index < -0.39 is 0 Å². The van der Waals surface area contributed by atoms with Gasteiger partial charge in [0, 0.05) is 10.8 Å². The van der Waals surface area contributed by atoms with Crippen molar-refractivity contribution < 1.29 is 0 Å². The Bertz CT molecular complexity index is 6220. The van der Waals surface area contributed by atoms with Crippen LogP contribution in [0.25, 0.3) is 175 Å². The van der Waals surface area contributed by atoms with Gasteiger partial charge >= 0.3 is 0 Å². The molecule has 0 spiro atoms. The molecule has 0 nitrogen and oxygen atoms in total. The number of hydrogen-bond donors (Lipinski definition) is 0. The van der Waals surface area contributed by atoms with Crippen molar-refractivity contribution in [2.75, 3.05) is 0 Å². The van der Waals surface area contributed by atoms with Crippen molar-refractivity contribution in [3.8, 4) is 89.0 Å². The van der Waals surface area contributed by atoms with E-state index in [2.05, 4.69) is 367 Å². The predicted octanol–water partition coefficient (Wildman–Crippen LogP) is 27.2. The monoisotopic (exact) mass is 1240 g/mol. The lowest BCUT2D eigenvalue weighted by Gasteiger charge is -2.24. The highest BCUT2D eigenvalue weighted by atomic mass is 14.4. The maximum atomic E-state index is 2.48. The Kier molecular flexibility index (Phi) is 13.1. The molecule has 2 aliphatic carbocycles. The van der Waals surface area contributed by atoms with E-state index in [1.807, 2.05) is 0 Å². The average Bonchev–Trinajstić information content (AvgIpc) is 1.30. The summed E-state index contributed by atoms with van der Waals surface area (Å²) in [6.07, 6.45) is 0. The number of hydrogen-bond acceptors (Lipinski definition) is 0.